The average molecular weight is 237 g/mol. The first kappa shape index (κ1) is 12.5. The molecule has 0 aliphatic heterocycles. The van der Waals surface area contributed by atoms with Gasteiger partial charge >= 0.3 is 6.18 Å². The smallest absolute Gasteiger partial charge is 0.316 e. The van der Waals surface area contributed by atoms with Gasteiger partial charge in [-0.05, 0) is 48.3 Å². The van der Waals surface area contributed by atoms with E-state index in [2.05, 4.69) is 10.7 Å². The molecule has 5 heteroatoms. The maximum atomic E-state index is 11.8. The third kappa shape index (κ3) is 6.52. The third-order valence-electron chi connectivity index (χ3n) is 1.98. The fourth-order valence-corrected chi connectivity index (χ4v) is 1.91. The molecule has 15 heavy (non-hydrogen) atoms. The second kappa shape index (κ2) is 6.12. The maximum absolute atomic E-state index is 11.8. The van der Waals surface area contributed by atoms with Crippen LogP contribution >= 0.6 is 11.3 Å². The summed E-state index contributed by atoms with van der Waals surface area (Å²) in [6.45, 7) is 1.18. The Morgan fingerprint density at radius 3 is 2.67 bits per heavy atom. The molecule has 0 aliphatic carbocycles. The highest BCUT2D eigenvalue weighted by Gasteiger charge is 2.25. The standard InChI is InChI=1S/C10H14F3NS/c11-10(12,13)4-1-5-14-6-2-9-3-7-15-8-9/h3,7-8,14H,1-2,4-6H2. The molecule has 0 aliphatic rings. The number of hydrogen-bond acceptors (Lipinski definition) is 2. The van der Waals surface area contributed by atoms with E-state index in [1.807, 2.05) is 11.4 Å². The van der Waals surface area contributed by atoms with E-state index in [4.69, 9.17) is 0 Å². The molecule has 1 nitrogen and oxygen atoms in total. The SMILES string of the molecule is FC(F)(F)CCCNCCc1ccsc1. The van der Waals surface area contributed by atoms with Crippen LogP contribution in [0.15, 0.2) is 16.8 Å². The summed E-state index contributed by atoms with van der Waals surface area (Å²) in [5.41, 5.74) is 1.24. The van der Waals surface area contributed by atoms with Gasteiger partial charge < -0.3 is 5.32 Å². The highest BCUT2D eigenvalue weighted by molar-refractivity contribution is 7.07. The van der Waals surface area contributed by atoms with Crippen molar-refractivity contribution in [2.24, 2.45) is 0 Å². The molecule has 1 aromatic rings. The van der Waals surface area contributed by atoms with Gasteiger partial charge in [0, 0.05) is 6.42 Å². The number of hydrogen-bond donors (Lipinski definition) is 1. The Bertz CT molecular complexity index is 256. The molecule has 0 amide bonds. The molecular formula is C10H14F3NS. The van der Waals surface area contributed by atoms with Crippen molar-refractivity contribution in [1.82, 2.24) is 5.32 Å². The first-order valence-corrected chi connectivity index (χ1v) is 5.81. The Labute approximate surface area is 91.3 Å². The molecule has 86 valence electrons. The van der Waals surface area contributed by atoms with Crippen molar-refractivity contribution in [3.8, 4) is 0 Å². The molecule has 1 rings (SSSR count). The average Bonchev–Trinajstić information content (AvgIpc) is 2.61. The lowest BCUT2D eigenvalue weighted by Crippen LogP contribution is -2.20. The Kier molecular flexibility index (Phi) is 5.11. The first-order valence-electron chi connectivity index (χ1n) is 4.86. The lowest BCUT2D eigenvalue weighted by Gasteiger charge is -2.06. The van der Waals surface area contributed by atoms with Crippen LogP contribution in [0.25, 0.3) is 0 Å². The van der Waals surface area contributed by atoms with Crippen LogP contribution in [0.4, 0.5) is 13.2 Å². The highest BCUT2D eigenvalue weighted by Crippen LogP contribution is 2.20. The molecule has 0 bridgehead atoms. The van der Waals surface area contributed by atoms with Crippen LogP contribution in [0.5, 0.6) is 0 Å². The monoisotopic (exact) mass is 237 g/mol. The fraction of sp³-hybridized carbons (Fsp3) is 0.600. The summed E-state index contributed by atoms with van der Waals surface area (Å²) in [6, 6.07) is 2.03. The van der Waals surface area contributed by atoms with Gasteiger partial charge in [-0.1, -0.05) is 0 Å². The predicted molar refractivity (Wildman–Crippen MR) is 56.2 cm³/mol. The van der Waals surface area contributed by atoms with E-state index >= 15 is 0 Å². The van der Waals surface area contributed by atoms with E-state index in [1.165, 1.54) is 5.56 Å². The Hall–Kier alpha value is -0.550. The molecule has 0 atom stereocenters. The van der Waals surface area contributed by atoms with Gasteiger partial charge in [-0.2, -0.15) is 24.5 Å². The van der Waals surface area contributed by atoms with Gasteiger partial charge in [-0.25, -0.2) is 0 Å². The van der Waals surface area contributed by atoms with Gasteiger partial charge in [-0.15, -0.1) is 0 Å². The van der Waals surface area contributed by atoms with Crippen LogP contribution in [0.3, 0.4) is 0 Å². The van der Waals surface area contributed by atoms with E-state index in [-0.39, 0.29) is 6.42 Å². The molecule has 0 saturated heterocycles. The summed E-state index contributed by atoms with van der Waals surface area (Å²) in [5, 5.41) is 7.05. The van der Waals surface area contributed by atoms with Crippen LogP contribution in [-0.4, -0.2) is 19.3 Å². The van der Waals surface area contributed by atoms with Crippen LogP contribution in [0, 0.1) is 0 Å². The number of thiophene rings is 1. The minimum absolute atomic E-state index is 0.160. The van der Waals surface area contributed by atoms with E-state index in [1.54, 1.807) is 11.3 Å². The molecule has 0 spiro atoms. The Morgan fingerprint density at radius 1 is 1.27 bits per heavy atom. The summed E-state index contributed by atoms with van der Waals surface area (Å²) in [4.78, 5) is 0. The van der Waals surface area contributed by atoms with Crippen molar-refractivity contribution in [3.05, 3.63) is 22.4 Å². The van der Waals surface area contributed by atoms with Crippen molar-refractivity contribution >= 4 is 11.3 Å². The van der Waals surface area contributed by atoms with Crippen molar-refractivity contribution in [2.75, 3.05) is 13.1 Å². The number of halogens is 3. The van der Waals surface area contributed by atoms with Gasteiger partial charge in [-0.3, -0.25) is 0 Å². The zero-order valence-electron chi connectivity index (χ0n) is 8.31. The highest BCUT2D eigenvalue weighted by atomic mass is 32.1. The normalized spacial score (nSPS) is 11.9. The molecule has 0 saturated carbocycles. The summed E-state index contributed by atoms with van der Waals surface area (Å²) >= 11 is 1.63. The fourth-order valence-electron chi connectivity index (χ4n) is 1.21. The van der Waals surface area contributed by atoms with E-state index in [0.29, 0.717) is 6.54 Å². The summed E-state index contributed by atoms with van der Waals surface area (Å²) in [7, 11) is 0. The van der Waals surface area contributed by atoms with Crippen LogP contribution in [0.2, 0.25) is 0 Å². The predicted octanol–water partition coefficient (Wildman–Crippen LogP) is 3.22. The van der Waals surface area contributed by atoms with Gasteiger partial charge in [0.05, 0.1) is 0 Å². The summed E-state index contributed by atoms with van der Waals surface area (Å²) in [5.74, 6) is 0. The molecule has 0 radical (unpaired) electrons. The third-order valence-corrected chi connectivity index (χ3v) is 2.72. The molecular weight excluding hydrogens is 223 g/mol. The van der Waals surface area contributed by atoms with Crippen molar-refractivity contribution in [2.45, 2.75) is 25.4 Å². The minimum Gasteiger partial charge on any atom is -0.316 e. The maximum Gasteiger partial charge on any atom is 0.389 e. The number of alkyl halides is 3. The second-order valence-corrected chi connectivity index (χ2v) is 4.13. The van der Waals surface area contributed by atoms with E-state index in [9.17, 15) is 13.2 Å². The number of rotatable bonds is 6. The molecule has 1 aromatic heterocycles. The first-order chi connectivity index (χ1) is 7.08. The zero-order chi connectivity index (χ0) is 11.1. The molecule has 0 fully saturated rings. The van der Waals surface area contributed by atoms with Crippen LogP contribution in [0.1, 0.15) is 18.4 Å². The van der Waals surface area contributed by atoms with E-state index < -0.39 is 12.6 Å². The van der Waals surface area contributed by atoms with Crippen molar-refractivity contribution < 1.29 is 13.2 Å². The van der Waals surface area contributed by atoms with Gasteiger partial charge in [0.25, 0.3) is 0 Å². The summed E-state index contributed by atoms with van der Waals surface area (Å²) < 4.78 is 35.3. The summed E-state index contributed by atoms with van der Waals surface area (Å²) in [6.07, 6.45) is -3.67. The minimum atomic E-state index is -4.02. The largest absolute Gasteiger partial charge is 0.389 e. The van der Waals surface area contributed by atoms with Crippen LogP contribution < -0.4 is 5.32 Å². The van der Waals surface area contributed by atoms with Crippen molar-refractivity contribution in [1.29, 1.82) is 0 Å². The second-order valence-electron chi connectivity index (χ2n) is 3.35. The Balaban J connectivity index is 1.94. The van der Waals surface area contributed by atoms with Crippen LogP contribution in [-0.2, 0) is 6.42 Å². The molecule has 0 unspecified atom stereocenters. The molecule has 0 aromatic carbocycles. The lowest BCUT2D eigenvalue weighted by atomic mass is 10.2. The number of nitrogens with one attached hydrogen (secondary N) is 1. The molecule has 1 N–H and O–H groups in total. The molecule has 1 heterocycles. The quantitative estimate of drug-likeness (QED) is 0.749. The Morgan fingerprint density at radius 2 is 2.07 bits per heavy atom. The van der Waals surface area contributed by atoms with Gasteiger partial charge in [0.2, 0.25) is 0 Å². The lowest BCUT2D eigenvalue weighted by molar-refractivity contribution is -0.135. The zero-order valence-corrected chi connectivity index (χ0v) is 9.13. The van der Waals surface area contributed by atoms with E-state index in [0.717, 1.165) is 13.0 Å². The van der Waals surface area contributed by atoms with Crippen molar-refractivity contribution in [3.63, 3.8) is 0 Å². The topological polar surface area (TPSA) is 12.0 Å². The van der Waals surface area contributed by atoms with Gasteiger partial charge in [0.15, 0.2) is 0 Å². The van der Waals surface area contributed by atoms with Gasteiger partial charge in [0.1, 0.15) is 0 Å².